The van der Waals surface area contributed by atoms with Crippen molar-refractivity contribution in [2.75, 3.05) is 11.9 Å². The highest BCUT2D eigenvalue weighted by atomic mass is 16.5. The van der Waals surface area contributed by atoms with Crippen molar-refractivity contribution in [2.24, 2.45) is 0 Å². The Labute approximate surface area is 124 Å². The standard InChI is InChI=1S/C16H19N3O2/c1-2-9-21-15-7-3-6-14(10-15)19-16(20)18-12-13-5-4-8-17-11-13/h3-8,10-11H,2,9,12H2,1H3,(H2,18,19,20). The van der Waals surface area contributed by atoms with E-state index in [4.69, 9.17) is 4.74 Å². The first-order valence-corrected chi connectivity index (χ1v) is 6.94. The highest BCUT2D eigenvalue weighted by Gasteiger charge is 2.03. The summed E-state index contributed by atoms with van der Waals surface area (Å²) in [7, 11) is 0. The minimum absolute atomic E-state index is 0.258. The van der Waals surface area contributed by atoms with Gasteiger partial charge in [0.05, 0.1) is 6.61 Å². The normalized spacial score (nSPS) is 9.95. The van der Waals surface area contributed by atoms with E-state index in [1.165, 1.54) is 0 Å². The van der Waals surface area contributed by atoms with Gasteiger partial charge in [-0.1, -0.05) is 19.1 Å². The molecule has 0 aliphatic heterocycles. The second-order valence-electron chi connectivity index (χ2n) is 4.55. The molecule has 110 valence electrons. The first-order valence-electron chi connectivity index (χ1n) is 6.94. The molecule has 1 aromatic carbocycles. The number of rotatable bonds is 6. The van der Waals surface area contributed by atoms with E-state index < -0.39 is 0 Å². The number of hydrogen-bond donors (Lipinski definition) is 2. The molecule has 2 N–H and O–H groups in total. The number of nitrogens with zero attached hydrogens (tertiary/aromatic N) is 1. The number of ether oxygens (including phenoxy) is 1. The lowest BCUT2D eigenvalue weighted by atomic mass is 10.3. The van der Waals surface area contributed by atoms with Crippen molar-refractivity contribution in [3.05, 3.63) is 54.4 Å². The van der Waals surface area contributed by atoms with Gasteiger partial charge in [0.15, 0.2) is 0 Å². The first kappa shape index (κ1) is 14.8. The van der Waals surface area contributed by atoms with Gasteiger partial charge in [-0.3, -0.25) is 4.98 Å². The average Bonchev–Trinajstić information content (AvgIpc) is 2.52. The largest absolute Gasteiger partial charge is 0.494 e. The zero-order valence-electron chi connectivity index (χ0n) is 12.0. The Bertz CT molecular complexity index is 573. The lowest BCUT2D eigenvalue weighted by Crippen LogP contribution is -2.28. The second-order valence-corrected chi connectivity index (χ2v) is 4.55. The van der Waals surface area contributed by atoms with Gasteiger partial charge >= 0.3 is 6.03 Å². The summed E-state index contributed by atoms with van der Waals surface area (Å²) in [5.41, 5.74) is 1.65. The van der Waals surface area contributed by atoms with Crippen LogP contribution in [-0.2, 0) is 6.54 Å². The van der Waals surface area contributed by atoms with Gasteiger partial charge < -0.3 is 15.4 Å². The van der Waals surface area contributed by atoms with Crippen LogP contribution in [0.3, 0.4) is 0 Å². The number of anilines is 1. The van der Waals surface area contributed by atoms with Crippen LogP contribution in [0.25, 0.3) is 0 Å². The molecule has 0 atom stereocenters. The van der Waals surface area contributed by atoms with E-state index in [0.717, 1.165) is 17.7 Å². The third-order valence-electron chi connectivity index (χ3n) is 2.74. The molecular formula is C16H19N3O2. The summed E-state index contributed by atoms with van der Waals surface area (Å²) in [5.74, 6) is 0.752. The Morgan fingerprint density at radius 2 is 2.19 bits per heavy atom. The number of nitrogens with one attached hydrogen (secondary N) is 2. The molecule has 2 aromatic rings. The van der Waals surface area contributed by atoms with E-state index in [9.17, 15) is 4.79 Å². The quantitative estimate of drug-likeness (QED) is 0.856. The van der Waals surface area contributed by atoms with Crippen molar-refractivity contribution >= 4 is 11.7 Å². The molecule has 21 heavy (non-hydrogen) atoms. The van der Waals surface area contributed by atoms with Crippen molar-refractivity contribution < 1.29 is 9.53 Å². The number of carbonyl (C=O) groups is 1. The van der Waals surface area contributed by atoms with Crippen LogP contribution >= 0.6 is 0 Å². The molecule has 5 nitrogen and oxygen atoms in total. The first-order chi connectivity index (χ1) is 10.3. The van der Waals surface area contributed by atoms with Crippen LogP contribution < -0.4 is 15.4 Å². The SMILES string of the molecule is CCCOc1cccc(NC(=O)NCc2cccnc2)c1. The van der Waals surface area contributed by atoms with E-state index >= 15 is 0 Å². The summed E-state index contributed by atoms with van der Waals surface area (Å²) in [6.07, 6.45) is 4.37. The van der Waals surface area contributed by atoms with Crippen LogP contribution in [0.2, 0.25) is 0 Å². The molecule has 0 saturated carbocycles. The number of urea groups is 1. The van der Waals surface area contributed by atoms with Crippen LogP contribution in [0.1, 0.15) is 18.9 Å². The molecule has 0 saturated heterocycles. The average molecular weight is 285 g/mol. The number of carbonyl (C=O) groups excluding carboxylic acids is 1. The molecule has 0 aliphatic rings. The number of amides is 2. The molecule has 0 unspecified atom stereocenters. The molecule has 2 rings (SSSR count). The predicted molar refractivity (Wildman–Crippen MR) is 82.3 cm³/mol. The maximum absolute atomic E-state index is 11.8. The summed E-state index contributed by atoms with van der Waals surface area (Å²) in [6.45, 7) is 3.15. The van der Waals surface area contributed by atoms with Crippen LogP contribution in [0.5, 0.6) is 5.75 Å². The smallest absolute Gasteiger partial charge is 0.319 e. The molecule has 5 heteroatoms. The zero-order valence-corrected chi connectivity index (χ0v) is 12.0. The molecule has 0 aliphatic carbocycles. The maximum Gasteiger partial charge on any atom is 0.319 e. The highest BCUT2D eigenvalue weighted by Crippen LogP contribution is 2.17. The number of benzene rings is 1. The van der Waals surface area contributed by atoms with Crippen molar-refractivity contribution in [3.63, 3.8) is 0 Å². The third kappa shape index (κ3) is 5.14. The fraction of sp³-hybridized carbons (Fsp3) is 0.250. The number of pyridine rings is 1. The van der Waals surface area contributed by atoms with E-state index in [1.807, 2.05) is 37.3 Å². The fourth-order valence-corrected chi connectivity index (χ4v) is 1.74. The molecule has 0 bridgehead atoms. The topological polar surface area (TPSA) is 63.2 Å². The molecule has 0 radical (unpaired) electrons. The minimum atomic E-state index is -0.258. The van der Waals surface area contributed by atoms with Crippen LogP contribution in [0.4, 0.5) is 10.5 Å². The fourth-order valence-electron chi connectivity index (χ4n) is 1.74. The number of hydrogen-bond acceptors (Lipinski definition) is 3. The monoisotopic (exact) mass is 285 g/mol. The van der Waals surface area contributed by atoms with Gasteiger partial charge in [0.1, 0.15) is 5.75 Å². The summed E-state index contributed by atoms with van der Waals surface area (Å²) in [5, 5.41) is 5.56. The van der Waals surface area contributed by atoms with Gasteiger partial charge in [0.2, 0.25) is 0 Å². The van der Waals surface area contributed by atoms with Gasteiger partial charge in [-0.15, -0.1) is 0 Å². The lowest BCUT2D eigenvalue weighted by molar-refractivity contribution is 0.251. The summed E-state index contributed by atoms with van der Waals surface area (Å²) >= 11 is 0. The van der Waals surface area contributed by atoms with Crippen LogP contribution in [0.15, 0.2) is 48.8 Å². The number of aromatic nitrogens is 1. The Hall–Kier alpha value is -2.56. The van der Waals surface area contributed by atoms with E-state index in [-0.39, 0.29) is 6.03 Å². The van der Waals surface area contributed by atoms with E-state index in [1.54, 1.807) is 18.5 Å². The zero-order chi connectivity index (χ0) is 14.9. The molecule has 1 heterocycles. The highest BCUT2D eigenvalue weighted by molar-refractivity contribution is 5.89. The second kappa shape index (κ2) is 7.89. The van der Waals surface area contributed by atoms with Gasteiger partial charge in [-0.2, -0.15) is 0 Å². The van der Waals surface area contributed by atoms with E-state index in [0.29, 0.717) is 18.8 Å². The van der Waals surface area contributed by atoms with Crippen LogP contribution in [-0.4, -0.2) is 17.6 Å². The minimum Gasteiger partial charge on any atom is -0.494 e. The van der Waals surface area contributed by atoms with Crippen molar-refractivity contribution in [2.45, 2.75) is 19.9 Å². The summed E-state index contributed by atoms with van der Waals surface area (Å²) < 4.78 is 5.53. The summed E-state index contributed by atoms with van der Waals surface area (Å²) in [6, 6.07) is 10.8. The Balaban J connectivity index is 1.84. The van der Waals surface area contributed by atoms with E-state index in [2.05, 4.69) is 15.6 Å². The van der Waals surface area contributed by atoms with Crippen molar-refractivity contribution in [1.82, 2.24) is 10.3 Å². The van der Waals surface area contributed by atoms with Crippen molar-refractivity contribution in [3.8, 4) is 5.75 Å². The van der Waals surface area contributed by atoms with Gasteiger partial charge in [-0.05, 0) is 30.2 Å². The third-order valence-corrected chi connectivity index (χ3v) is 2.74. The lowest BCUT2D eigenvalue weighted by Gasteiger charge is -2.09. The van der Waals surface area contributed by atoms with Crippen LogP contribution in [0, 0.1) is 0 Å². The maximum atomic E-state index is 11.8. The molecule has 2 amide bonds. The van der Waals surface area contributed by atoms with Gasteiger partial charge in [-0.25, -0.2) is 4.79 Å². The Kier molecular flexibility index (Phi) is 5.58. The molecule has 0 fully saturated rings. The summed E-state index contributed by atoms with van der Waals surface area (Å²) in [4.78, 5) is 15.8. The van der Waals surface area contributed by atoms with Crippen molar-refractivity contribution in [1.29, 1.82) is 0 Å². The Morgan fingerprint density at radius 3 is 2.95 bits per heavy atom. The van der Waals surface area contributed by atoms with Gasteiger partial charge in [0.25, 0.3) is 0 Å². The molecular weight excluding hydrogens is 266 g/mol. The molecule has 0 spiro atoms. The van der Waals surface area contributed by atoms with Gasteiger partial charge in [0, 0.05) is 30.7 Å². The Morgan fingerprint density at radius 1 is 1.29 bits per heavy atom. The molecule has 1 aromatic heterocycles. The predicted octanol–water partition coefficient (Wildman–Crippen LogP) is 3.19.